The number of rotatable bonds is 5. The van der Waals surface area contributed by atoms with Gasteiger partial charge in [0.25, 0.3) is 0 Å². The Kier molecular flexibility index (Phi) is 4.35. The third-order valence-electron chi connectivity index (χ3n) is 5.64. The summed E-state index contributed by atoms with van der Waals surface area (Å²) in [7, 11) is 0. The number of aromatic nitrogens is 5. The van der Waals surface area contributed by atoms with Crippen molar-refractivity contribution in [2.45, 2.75) is 31.8 Å². The second-order valence-electron chi connectivity index (χ2n) is 8.16. The smallest absolute Gasteiger partial charge is 0.326 e. The first kappa shape index (κ1) is 19.4. The van der Waals surface area contributed by atoms with Gasteiger partial charge >= 0.3 is 5.69 Å². The van der Waals surface area contributed by atoms with Gasteiger partial charge in [0, 0.05) is 11.3 Å². The zero-order valence-corrected chi connectivity index (χ0v) is 17.7. The highest BCUT2D eigenvalue weighted by Crippen LogP contribution is 2.34. The minimum atomic E-state index is -0.493. The predicted molar refractivity (Wildman–Crippen MR) is 118 cm³/mol. The molecule has 0 saturated heterocycles. The largest absolute Gasteiger partial charge is 0.493 e. The number of aromatic hydroxyl groups is 1. The number of nitrogens with zero attached hydrogens (tertiary/aromatic N) is 4. The summed E-state index contributed by atoms with van der Waals surface area (Å²) in [6.45, 7) is 2.26. The Labute approximate surface area is 186 Å². The van der Waals surface area contributed by atoms with Crippen LogP contribution in [0, 0.1) is 0 Å². The van der Waals surface area contributed by atoms with Gasteiger partial charge in [0.15, 0.2) is 22.6 Å². The van der Waals surface area contributed by atoms with Crippen molar-refractivity contribution in [2.75, 3.05) is 12.1 Å². The second kappa shape index (κ2) is 7.40. The molecule has 33 heavy (non-hydrogen) atoms. The van der Waals surface area contributed by atoms with Gasteiger partial charge in [-0.1, -0.05) is 6.07 Å². The molecule has 0 spiro atoms. The van der Waals surface area contributed by atoms with Gasteiger partial charge in [-0.25, -0.2) is 9.78 Å². The monoisotopic (exact) mass is 447 g/mol. The van der Waals surface area contributed by atoms with Crippen molar-refractivity contribution in [1.29, 1.82) is 0 Å². The van der Waals surface area contributed by atoms with E-state index < -0.39 is 5.69 Å². The summed E-state index contributed by atoms with van der Waals surface area (Å²) in [6, 6.07) is 7.94. The quantitative estimate of drug-likeness (QED) is 0.357. The highest BCUT2D eigenvalue weighted by molar-refractivity contribution is 5.58. The standard InChI is InChI=1S/C22H21N7O4/c1-11(12-2-5-16-17(7-12)33-10-32-16)24-18-8-19(25-14-3-4-14)29-20(27-18)13(9-23-29)6-15-21(30)28-22(31)26-15/h2,5-9,11,14,24,30H,3-4,10H2,1H3,(H2,26,28,31). The number of benzene rings is 1. The second-order valence-corrected chi connectivity index (χ2v) is 8.16. The fraction of sp³-hybridized carbons (Fsp3) is 0.273. The van der Waals surface area contributed by atoms with E-state index in [1.165, 1.54) is 0 Å². The summed E-state index contributed by atoms with van der Waals surface area (Å²) in [6.07, 6.45) is 5.36. The Balaban J connectivity index is 1.42. The summed E-state index contributed by atoms with van der Waals surface area (Å²) >= 11 is 0. The molecule has 2 aliphatic rings. The van der Waals surface area contributed by atoms with E-state index in [-0.39, 0.29) is 30.5 Å². The van der Waals surface area contributed by atoms with Crippen molar-refractivity contribution in [1.82, 2.24) is 24.6 Å². The first-order valence-corrected chi connectivity index (χ1v) is 10.7. The van der Waals surface area contributed by atoms with Gasteiger partial charge in [-0.05, 0) is 43.5 Å². The Hall–Kier alpha value is -4.28. The van der Waals surface area contributed by atoms with Crippen molar-refractivity contribution in [3.63, 3.8) is 0 Å². The lowest BCUT2D eigenvalue weighted by molar-refractivity contribution is 0.174. The summed E-state index contributed by atoms with van der Waals surface area (Å²) in [5.74, 6) is 1.85. The lowest BCUT2D eigenvalue weighted by Gasteiger charge is -2.15. The van der Waals surface area contributed by atoms with Crippen molar-refractivity contribution in [3.8, 4) is 17.4 Å². The SMILES string of the molecule is CC(Nc1cc(=NC2CC2)n2ncc(=Cc3[nH]c(=O)[nH]c3O)c2n1)c1ccc2c(c1)OCO2. The molecule has 1 unspecified atom stereocenters. The van der Waals surface area contributed by atoms with Crippen LogP contribution in [-0.4, -0.2) is 42.5 Å². The van der Waals surface area contributed by atoms with Crippen LogP contribution in [-0.2, 0) is 0 Å². The minimum absolute atomic E-state index is 0.0661. The summed E-state index contributed by atoms with van der Waals surface area (Å²) in [5, 5.41) is 18.4. The van der Waals surface area contributed by atoms with E-state index in [1.54, 1.807) is 16.8 Å². The van der Waals surface area contributed by atoms with Crippen LogP contribution >= 0.6 is 0 Å². The van der Waals surface area contributed by atoms with Crippen LogP contribution in [0.1, 0.15) is 37.1 Å². The number of hydrogen-bond donors (Lipinski definition) is 4. The average molecular weight is 447 g/mol. The molecule has 6 rings (SSSR count). The van der Waals surface area contributed by atoms with Crippen molar-refractivity contribution in [3.05, 3.63) is 62.9 Å². The molecule has 0 amide bonds. The molecule has 11 nitrogen and oxygen atoms in total. The molecule has 168 valence electrons. The lowest BCUT2D eigenvalue weighted by atomic mass is 10.1. The van der Waals surface area contributed by atoms with Crippen molar-refractivity contribution < 1.29 is 14.6 Å². The lowest BCUT2D eigenvalue weighted by Crippen LogP contribution is -2.21. The van der Waals surface area contributed by atoms with E-state index in [0.717, 1.165) is 29.9 Å². The third kappa shape index (κ3) is 3.67. The molecule has 1 saturated carbocycles. The van der Waals surface area contributed by atoms with Crippen LogP contribution in [0.4, 0.5) is 5.82 Å². The molecule has 1 fully saturated rings. The number of nitrogens with one attached hydrogen (secondary N) is 3. The van der Waals surface area contributed by atoms with Gasteiger partial charge in [-0.15, -0.1) is 0 Å². The molecular weight excluding hydrogens is 426 g/mol. The average Bonchev–Trinajstić information content (AvgIpc) is 3.18. The normalized spacial score (nSPS) is 17.1. The number of fused-ring (bicyclic) bond motifs is 2. The molecule has 0 bridgehead atoms. The molecule has 1 aliphatic heterocycles. The van der Waals surface area contributed by atoms with Crippen LogP contribution in [0.25, 0.3) is 11.7 Å². The predicted octanol–water partition coefficient (Wildman–Crippen LogP) is 0.964. The first-order valence-electron chi connectivity index (χ1n) is 10.7. The van der Waals surface area contributed by atoms with Crippen LogP contribution in [0.2, 0.25) is 0 Å². The van der Waals surface area contributed by atoms with Crippen molar-refractivity contribution in [2.24, 2.45) is 4.99 Å². The molecule has 4 aromatic rings. The number of anilines is 1. The molecule has 11 heteroatoms. The van der Waals surface area contributed by atoms with Crippen LogP contribution in [0.15, 0.2) is 40.2 Å². The van der Waals surface area contributed by atoms with Crippen LogP contribution in [0.3, 0.4) is 0 Å². The maximum absolute atomic E-state index is 11.5. The number of ether oxygens (including phenoxy) is 2. The van der Waals surface area contributed by atoms with E-state index in [2.05, 4.69) is 20.4 Å². The van der Waals surface area contributed by atoms with E-state index in [4.69, 9.17) is 19.5 Å². The Morgan fingerprint density at radius 3 is 2.91 bits per heavy atom. The van der Waals surface area contributed by atoms with E-state index >= 15 is 0 Å². The van der Waals surface area contributed by atoms with E-state index in [0.29, 0.717) is 22.2 Å². The summed E-state index contributed by atoms with van der Waals surface area (Å²) in [4.78, 5) is 25.9. The van der Waals surface area contributed by atoms with Gasteiger partial charge in [0.05, 0.1) is 18.3 Å². The minimum Gasteiger partial charge on any atom is -0.493 e. The molecule has 3 aromatic heterocycles. The molecule has 4 heterocycles. The van der Waals surface area contributed by atoms with Gasteiger partial charge in [0.2, 0.25) is 12.7 Å². The van der Waals surface area contributed by atoms with Gasteiger partial charge in [-0.2, -0.15) is 9.61 Å². The molecule has 1 aliphatic carbocycles. The van der Waals surface area contributed by atoms with Crippen molar-refractivity contribution >= 4 is 17.5 Å². The maximum atomic E-state index is 11.5. The van der Waals surface area contributed by atoms with Crippen LogP contribution < -0.4 is 31.2 Å². The topological polar surface area (TPSA) is 142 Å². The van der Waals surface area contributed by atoms with Gasteiger partial charge in [-0.3, -0.25) is 9.98 Å². The third-order valence-corrected chi connectivity index (χ3v) is 5.64. The fourth-order valence-corrected chi connectivity index (χ4v) is 3.76. The van der Waals surface area contributed by atoms with Gasteiger partial charge in [0.1, 0.15) is 11.5 Å². The zero-order valence-electron chi connectivity index (χ0n) is 17.7. The highest BCUT2D eigenvalue weighted by Gasteiger charge is 2.21. The first-order chi connectivity index (χ1) is 16.0. The number of hydrogen-bond acceptors (Lipinski definition) is 8. The fourth-order valence-electron chi connectivity index (χ4n) is 3.76. The van der Waals surface area contributed by atoms with Gasteiger partial charge < -0.3 is 24.9 Å². The Morgan fingerprint density at radius 1 is 1.27 bits per heavy atom. The van der Waals surface area contributed by atoms with E-state index in [1.807, 2.05) is 31.2 Å². The van der Waals surface area contributed by atoms with Crippen LogP contribution in [0.5, 0.6) is 17.4 Å². The van der Waals surface area contributed by atoms with E-state index in [9.17, 15) is 9.90 Å². The number of aromatic amines is 2. The number of imidazole rings is 1. The molecule has 1 aromatic carbocycles. The molecular formula is C22H21N7O4. The molecule has 4 N–H and O–H groups in total. The Bertz CT molecular complexity index is 1550. The maximum Gasteiger partial charge on any atom is 0.326 e. The zero-order chi connectivity index (χ0) is 22.5. The summed E-state index contributed by atoms with van der Waals surface area (Å²) in [5.41, 5.74) is 2.03. The highest BCUT2D eigenvalue weighted by atomic mass is 16.7. The summed E-state index contributed by atoms with van der Waals surface area (Å²) < 4.78 is 12.6. The molecule has 0 radical (unpaired) electrons. The molecule has 1 atom stereocenters. The Morgan fingerprint density at radius 2 is 2.12 bits per heavy atom. The number of H-pyrrole nitrogens is 2.